The van der Waals surface area contributed by atoms with E-state index in [1.165, 1.54) is 30.5 Å². The molecule has 23 heavy (non-hydrogen) atoms. The van der Waals surface area contributed by atoms with Crippen LogP contribution in [0.15, 0.2) is 36.5 Å². The number of nitrogens with one attached hydrogen (secondary N) is 1. The molecule has 2 N–H and O–H groups in total. The van der Waals surface area contributed by atoms with Gasteiger partial charge in [-0.2, -0.15) is 0 Å². The maximum atomic E-state index is 12.5. The average Bonchev–Trinajstić information content (AvgIpc) is 3.14. The molecule has 4 rings (SSSR count). The maximum absolute atomic E-state index is 12.5. The molecule has 5 nitrogen and oxygen atoms in total. The number of fused-ring (bicyclic) bond motifs is 5. The van der Waals surface area contributed by atoms with Crippen LogP contribution >= 0.6 is 0 Å². The highest BCUT2D eigenvalue weighted by atomic mass is 16.5. The Morgan fingerprint density at radius 3 is 2.83 bits per heavy atom. The van der Waals surface area contributed by atoms with Gasteiger partial charge in [0.2, 0.25) is 0 Å². The first-order valence-corrected chi connectivity index (χ1v) is 7.80. The van der Waals surface area contributed by atoms with Crippen LogP contribution in [0.4, 0.5) is 0 Å². The van der Waals surface area contributed by atoms with Gasteiger partial charge in [0.05, 0.1) is 7.11 Å². The summed E-state index contributed by atoms with van der Waals surface area (Å²) in [6.45, 7) is 0. The summed E-state index contributed by atoms with van der Waals surface area (Å²) < 4.78 is 5.03. The van der Waals surface area contributed by atoms with Crippen LogP contribution in [0.5, 0.6) is 11.5 Å². The quantitative estimate of drug-likeness (QED) is 0.914. The zero-order chi connectivity index (χ0) is 16.0. The Balaban J connectivity index is 1.56. The van der Waals surface area contributed by atoms with Gasteiger partial charge < -0.3 is 15.2 Å². The highest BCUT2D eigenvalue weighted by Crippen LogP contribution is 2.52. The van der Waals surface area contributed by atoms with Crippen LogP contribution in [-0.2, 0) is 0 Å². The molecular weight excluding hydrogens is 292 g/mol. The number of benzene rings is 1. The molecule has 2 bridgehead atoms. The monoisotopic (exact) mass is 310 g/mol. The largest absolute Gasteiger partial charge is 0.503 e. The van der Waals surface area contributed by atoms with E-state index in [1.54, 1.807) is 0 Å². The van der Waals surface area contributed by atoms with Crippen LogP contribution in [0, 0.1) is 0 Å². The summed E-state index contributed by atoms with van der Waals surface area (Å²) in [4.78, 5) is 16.5. The average molecular weight is 310 g/mol. The molecule has 1 saturated carbocycles. The minimum atomic E-state index is -0.351. The number of amides is 1. The van der Waals surface area contributed by atoms with E-state index in [4.69, 9.17) is 4.74 Å². The number of aromatic hydroxyl groups is 1. The standard InChI is InChI=1S/C18H18N2O3/c1-23-15-6-7-19-16(17(15)21)18(22)20-14-9-10-8-13(14)12-5-3-2-4-11(10)12/h2-7,10,13-14,21H,8-9H2,1H3,(H,20,22)/t10?,13?,14-/m1/s1. The van der Waals surface area contributed by atoms with E-state index in [2.05, 4.69) is 28.5 Å². The number of ether oxygens (including phenoxy) is 1. The highest BCUT2D eigenvalue weighted by Gasteiger charge is 2.44. The molecule has 3 atom stereocenters. The van der Waals surface area contributed by atoms with E-state index in [0.29, 0.717) is 11.8 Å². The van der Waals surface area contributed by atoms with Crippen molar-refractivity contribution in [2.24, 2.45) is 0 Å². The third kappa shape index (κ3) is 2.15. The molecular formula is C18H18N2O3. The van der Waals surface area contributed by atoms with Crippen molar-refractivity contribution in [2.75, 3.05) is 7.11 Å². The van der Waals surface area contributed by atoms with Crippen molar-refractivity contribution in [3.05, 3.63) is 53.3 Å². The zero-order valence-electron chi connectivity index (χ0n) is 12.8. The zero-order valence-corrected chi connectivity index (χ0v) is 12.8. The molecule has 0 spiro atoms. The first-order chi connectivity index (χ1) is 11.2. The molecule has 0 saturated heterocycles. The third-order valence-corrected chi connectivity index (χ3v) is 5.04. The Bertz CT molecular complexity index is 775. The summed E-state index contributed by atoms with van der Waals surface area (Å²) in [5.74, 6) is 0.567. The van der Waals surface area contributed by atoms with E-state index in [-0.39, 0.29) is 29.1 Å². The normalized spacial score (nSPS) is 24.3. The number of hydrogen-bond acceptors (Lipinski definition) is 4. The molecule has 1 amide bonds. The molecule has 2 aliphatic rings. The molecule has 118 valence electrons. The van der Waals surface area contributed by atoms with Gasteiger partial charge >= 0.3 is 0 Å². The molecule has 2 aromatic rings. The summed E-state index contributed by atoms with van der Waals surface area (Å²) in [6, 6.07) is 10.1. The number of pyridine rings is 1. The van der Waals surface area contributed by atoms with Crippen molar-refractivity contribution in [3.63, 3.8) is 0 Å². The first kappa shape index (κ1) is 14.1. The van der Waals surface area contributed by atoms with E-state index < -0.39 is 0 Å². The second kappa shape index (κ2) is 5.26. The number of rotatable bonds is 3. The van der Waals surface area contributed by atoms with Crippen molar-refractivity contribution in [1.29, 1.82) is 0 Å². The molecule has 1 aromatic heterocycles. The van der Waals surface area contributed by atoms with Gasteiger partial charge in [-0.05, 0) is 29.9 Å². The van der Waals surface area contributed by atoms with Crippen LogP contribution in [0.25, 0.3) is 0 Å². The predicted octanol–water partition coefficient (Wildman–Crippen LogP) is 2.57. The highest BCUT2D eigenvalue weighted by molar-refractivity contribution is 5.95. The van der Waals surface area contributed by atoms with Crippen molar-refractivity contribution >= 4 is 5.91 Å². The number of carbonyl (C=O) groups excluding carboxylic acids is 1. The molecule has 1 fully saturated rings. The molecule has 0 radical (unpaired) electrons. The lowest BCUT2D eigenvalue weighted by molar-refractivity contribution is 0.0924. The third-order valence-electron chi connectivity index (χ3n) is 5.04. The first-order valence-electron chi connectivity index (χ1n) is 7.80. The number of methoxy groups -OCH3 is 1. The Kier molecular flexibility index (Phi) is 3.22. The number of nitrogens with zero attached hydrogens (tertiary/aromatic N) is 1. The lowest BCUT2D eigenvalue weighted by Gasteiger charge is -2.25. The lowest BCUT2D eigenvalue weighted by Crippen LogP contribution is -2.38. The SMILES string of the molecule is COc1ccnc(C(=O)N[C@@H]2CC3CC2c2ccccc23)c1O. The van der Waals surface area contributed by atoms with Crippen molar-refractivity contribution in [3.8, 4) is 11.5 Å². The van der Waals surface area contributed by atoms with Crippen molar-refractivity contribution in [2.45, 2.75) is 30.7 Å². The molecule has 0 aliphatic heterocycles. The Labute approximate surface area is 134 Å². The summed E-state index contributed by atoms with van der Waals surface area (Å²) in [5.41, 5.74) is 2.78. The fraction of sp³-hybridized carbons (Fsp3) is 0.333. The minimum absolute atomic E-state index is 0.0143. The Hall–Kier alpha value is -2.56. The Morgan fingerprint density at radius 2 is 2.04 bits per heavy atom. The second-order valence-corrected chi connectivity index (χ2v) is 6.19. The number of hydrogen-bond donors (Lipinski definition) is 2. The van der Waals surface area contributed by atoms with Gasteiger partial charge in [-0.15, -0.1) is 0 Å². The smallest absolute Gasteiger partial charge is 0.274 e. The summed E-state index contributed by atoms with van der Waals surface area (Å²) in [5, 5.41) is 13.1. The van der Waals surface area contributed by atoms with Crippen LogP contribution in [0.3, 0.4) is 0 Å². The minimum Gasteiger partial charge on any atom is -0.503 e. The van der Waals surface area contributed by atoms with Gasteiger partial charge in [0.15, 0.2) is 17.2 Å². The molecule has 5 heteroatoms. The lowest BCUT2D eigenvalue weighted by atomic mass is 9.88. The summed E-state index contributed by atoms with van der Waals surface area (Å²) in [6.07, 6.45) is 3.49. The van der Waals surface area contributed by atoms with Crippen LogP contribution in [0.1, 0.15) is 46.3 Å². The fourth-order valence-electron chi connectivity index (χ4n) is 4.02. The summed E-state index contributed by atoms with van der Waals surface area (Å²) in [7, 11) is 1.45. The fourth-order valence-corrected chi connectivity index (χ4v) is 4.02. The van der Waals surface area contributed by atoms with E-state index >= 15 is 0 Å². The van der Waals surface area contributed by atoms with Crippen LogP contribution in [-0.4, -0.2) is 29.1 Å². The van der Waals surface area contributed by atoms with E-state index in [0.717, 1.165) is 12.8 Å². The number of carbonyl (C=O) groups is 1. The summed E-state index contributed by atoms with van der Waals surface area (Å²) >= 11 is 0. The molecule has 2 unspecified atom stereocenters. The second-order valence-electron chi connectivity index (χ2n) is 6.19. The van der Waals surface area contributed by atoms with Gasteiger partial charge in [-0.25, -0.2) is 4.98 Å². The molecule has 1 aromatic carbocycles. The van der Waals surface area contributed by atoms with Crippen LogP contribution < -0.4 is 10.1 Å². The maximum Gasteiger partial charge on any atom is 0.274 e. The van der Waals surface area contributed by atoms with Gasteiger partial charge in [0.25, 0.3) is 5.91 Å². The van der Waals surface area contributed by atoms with Crippen molar-refractivity contribution < 1.29 is 14.6 Å². The predicted molar refractivity (Wildman–Crippen MR) is 84.9 cm³/mol. The van der Waals surface area contributed by atoms with E-state index in [9.17, 15) is 9.90 Å². The van der Waals surface area contributed by atoms with Gasteiger partial charge in [0, 0.05) is 24.2 Å². The number of aromatic nitrogens is 1. The Morgan fingerprint density at radius 1 is 1.26 bits per heavy atom. The molecule has 1 heterocycles. The van der Waals surface area contributed by atoms with Gasteiger partial charge in [-0.1, -0.05) is 24.3 Å². The van der Waals surface area contributed by atoms with Gasteiger partial charge in [0.1, 0.15) is 0 Å². The molecule has 2 aliphatic carbocycles. The van der Waals surface area contributed by atoms with E-state index in [1.807, 2.05) is 6.07 Å². The van der Waals surface area contributed by atoms with Crippen LogP contribution in [0.2, 0.25) is 0 Å². The topological polar surface area (TPSA) is 71.5 Å². The van der Waals surface area contributed by atoms with Crippen molar-refractivity contribution in [1.82, 2.24) is 10.3 Å². The van der Waals surface area contributed by atoms with Gasteiger partial charge in [-0.3, -0.25) is 4.79 Å².